The van der Waals surface area contributed by atoms with Crippen LogP contribution >= 0.6 is 15.9 Å². The van der Waals surface area contributed by atoms with Gasteiger partial charge in [0.25, 0.3) is 0 Å². The molecule has 4 N–H and O–H groups in total. The first-order valence-electron chi connectivity index (χ1n) is 5.56. The van der Waals surface area contributed by atoms with E-state index in [1.54, 1.807) is 18.2 Å². The molecule has 1 aromatic rings. The minimum atomic E-state index is -0.981. The second kappa shape index (κ2) is 7.10. The highest BCUT2D eigenvalue weighted by atomic mass is 79.9. The minimum absolute atomic E-state index is 0.0861. The molecule has 6 nitrogen and oxygen atoms in total. The number of rotatable bonds is 6. The van der Waals surface area contributed by atoms with Crippen LogP contribution in [-0.2, 0) is 9.59 Å². The molecule has 1 amide bonds. The smallest absolute Gasteiger partial charge is 0.303 e. The number of carbonyl (C=O) groups excluding carboxylic acids is 1. The molecule has 7 heteroatoms. The molecule has 1 rings (SSSR count). The molecule has 0 aliphatic heterocycles. The second-order valence-electron chi connectivity index (χ2n) is 3.87. The van der Waals surface area contributed by atoms with Crippen LogP contribution in [0.5, 0.6) is 5.75 Å². The Bertz CT molecular complexity index is 479. The maximum atomic E-state index is 11.8. The Kier molecular flexibility index (Phi) is 5.78. The molecule has 0 aliphatic rings. The summed E-state index contributed by atoms with van der Waals surface area (Å²) in [5.41, 5.74) is 6.14. The normalized spacial score (nSPS) is 11.7. The average molecular weight is 331 g/mol. The summed E-state index contributed by atoms with van der Waals surface area (Å²) < 4.78 is 5.74. The molecule has 0 heterocycles. The van der Waals surface area contributed by atoms with Crippen LogP contribution in [0.1, 0.15) is 12.8 Å². The molecule has 0 radical (unpaired) electrons. The number of carboxylic acids is 1. The molecule has 0 saturated carbocycles. The number of hydrogen-bond acceptors (Lipinski definition) is 4. The topological polar surface area (TPSA) is 102 Å². The predicted molar refractivity (Wildman–Crippen MR) is 74.2 cm³/mol. The fourth-order valence-electron chi connectivity index (χ4n) is 1.36. The minimum Gasteiger partial charge on any atom is -0.497 e. The lowest BCUT2D eigenvalue weighted by Crippen LogP contribution is -2.36. The van der Waals surface area contributed by atoms with Gasteiger partial charge in [-0.1, -0.05) is 0 Å². The van der Waals surface area contributed by atoms with Crippen molar-refractivity contribution >= 4 is 33.5 Å². The number of carbonyl (C=O) groups is 2. The Morgan fingerprint density at radius 2 is 2.21 bits per heavy atom. The summed E-state index contributed by atoms with van der Waals surface area (Å²) >= 11 is 3.29. The Labute approximate surface area is 119 Å². The van der Waals surface area contributed by atoms with Gasteiger partial charge >= 0.3 is 5.97 Å². The molecule has 1 atom stereocenters. The van der Waals surface area contributed by atoms with E-state index < -0.39 is 17.9 Å². The molecular weight excluding hydrogens is 316 g/mol. The zero-order chi connectivity index (χ0) is 14.4. The van der Waals surface area contributed by atoms with Gasteiger partial charge in [-0.3, -0.25) is 9.59 Å². The van der Waals surface area contributed by atoms with E-state index in [1.165, 1.54) is 7.11 Å². The molecule has 0 spiro atoms. The molecule has 0 saturated heterocycles. The van der Waals surface area contributed by atoms with E-state index in [4.69, 9.17) is 15.6 Å². The van der Waals surface area contributed by atoms with Gasteiger partial charge in [0.2, 0.25) is 5.91 Å². The summed E-state index contributed by atoms with van der Waals surface area (Å²) in [5.74, 6) is -0.821. The van der Waals surface area contributed by atoms with Crippen LogP contribution in [-0.4, -0.2) is 30.1 Å². The van der Waals surface area contributed by atoms with Crippen LogP contribution in [0.4, 0.5) is 5.69 Å². The van der Waals surface area contributed by atoms with Gasteiger partial charge in [0.1, 0.15) is 5.75 Å². The van der Waals surface area contributed by atoms with Crippen molar-refractivity contribution in [1.29, 1.82) is 0 Å². The van der Waals surface area contributed by atoms with Crippen molar-refractivity contribution in [3.05, 3.63) is 22.7 Å². The molecule has 0 aliphatic carbocycles. The molecule has 0 fully saturated rings. The van der Waals surface area contributed by atoms with Crippen LogP contribution in [0.15, 0.2) is 22.7 Å². The lowest BCUT2D eigenvalue weighted by atomic mass is 10.1. The Balaban J connectivity index is 2.68. The van der Waals surface area contributed by atoms with Gasteiger partial charge in [-0.25, -0.2) is 0 Å². The Hall–Kier alpha value is -1.60. The lowest BCUT2D eigenvalue weighted by Gasteiger charge is -2.13. The van der Waals surface area contributed by atoms with Crippen molar-refractivity contribution in [1.82, 2.24) is 0 Å². The third kappa shape index (κ3) is 4.88. The van der Waals surface area contributed by atoms with Crippen molar-refractivity contribution in [3.63, 3.8) is 0 Å². The average Bonchev–Trinajstić information content (AvgIpc) is 2.38. The van der Waals surface area contributed by atoms with Crippen molar-refractivity contribution in [2.45, 2.75) is 18.9 Å². The van der Waals surface area contributed by atoms with Gasteiger partial charge in [-0.05, 0) is 34.5 Å². The van der Waals surface area contributed by atoms with E-state index in [-0.39, 0.29) is 12.8 Å². The van der Waals surface area contributed by atoms with Crippen LogP contribution in [0.2, 0.25) is 0 Å². The highest BCUT2D eigenvalue weighted by Gasteiger charge is 2.16. The highest BCUT2D eigenvalue weighted by molar-refractivity contribution is 9.10. The lowest BCUT2D eigenvalue weighted by molar-refractivity contribution is -0.137. The standard InChI is InChI=1S/C12H15BrN2O4/c1-19-7-2-3-8(13)10(6-7)15-12(18)9(14)4-5-11(16)17/h2-3,6,9H,4-5,14H2,1H3,(H,15,18)(H,16,17). The molecule has 0 aromatic heterocycles. The van der Waals surface area contributed by atoms with Gasteiger partial charge in [0.15, 0.2) is 0 Å². The van der Waals surface area contributed by atoms with Gasteiger partial charge in [-0.2, -0.15) is 0 Å². The fraction of sp³-hybridized carbons (Fsp3) is 0.333. The number of aliphatic carboxylic acids is 1. The first kappa shape index (κ1) is 15.5. The number of nitrogens with two attached hydrogens (primary N) is 1. The molecule has 19 heavy (non-hydrogen) atoms. The first-order valence-corrected chi connectivity index (χ1v) is 6.35. The number of carboxylic acid groups (broad SMARTS) is 1. The summed E-state index contributed by atoms with van der Waals surface area (Å²) in [4.78, 5) is 22.2. The maximum Gasteiger partial charge on any atom is 0.303 e. The highest BCUT2D eigenvalue weighted by Crippen LogP contribution is 2.27. The van der Waals surface area contributed by atoms with Gasteiger partial charge in [-0.15, -0.1) is 0 Å². The number of benzene rings is 1. The van der Waals surface area contributed by atoms with Crippen LogP contribution in [0.3, 0.4) is 0 Å². The van der Waals surface area contributed by atoms with Crippen molar-refractivity contribution in [2.24, 2.45) is 5.73 Å². The maximum absolute atomic E-state index is 11.8. The van der Waals surface area contributed by atoms with E-state index in [0.29, 0.717) is 15.9 Å². The summed E-state index contributed by atoms with van der Waals surface area (Å²) in [7, 11) is 1.52. The van der Waals surface area contributed by atoms with E-state index in [2.05, 4.69) is 21.2 Å². The first-order chi connectivity index (χ1) is 8.93. The largest absolute Gasteiger partial charge is 0.497 e. The number of hydrogen-bond donors (Lipinski definition) is 3. The number of ether oxygens (including phenoxy) is 1. The number of nitrogens with one attached hydrogen (secondary N) is 1. The van der Waals surface area contributed by atoms with Crippen molar-refractivity contribution < 1.29 is 19.4 Å². The number of anilines is 1. The third-order valence-corrected chi connectivity index (χ3v) is 3.13. The van der Waals surface area contributed by atoms with Crippen LogP contribution in [0.25, 0.3) is 0 Å². The molecule has 104 valence electrons. The Morgan fingerprint density at radius 3 is 2.79 bits per heavy atom. The SMILES string of the molecule is COc1ccc(Br)c(NC(=O)C(N)CCC(=O)O)c1. The van der Waals surface area contributed by atoms with Gasteiger partial charge in [0, 0.05) is 17.0 Å². The number of halogens is 1. The van der Waals surface area contributed by atoms with Gasteiger partial charge in [0.05, 0.1) is 18.8 Å². The quantitative estimate of drug-likeness (QED) is 0.735. The summed E-state index contributed by atoms with van der Waals surface area (Å²) in [6.07, 6.45) is -0.0589. The van der Waals surface area contributed by atoms with Crippen LogP contribution in [0, 0.1) is 0 Å². The monoisotopic (exact) mass is 330 g/mol. The summed E-state index contributed by atoms with van der Waals surface area (Å²) in [5, 5.41) is 11.2. The van der Waals surface area contributed by atoms with Crippen molar-refractivity contribution in [2.75, 3.05) is 12.4 Å². The molecule has 0 bridgehead atoms. The molecular formula is C12H15BrN2O4. The van der Waals surface area contributed by atoms with E-state index in [9.17, 15) is 9.59 Å². The van der Waals surface area contributed by atoms with E-state index >= 15 is 0 Å². The molecule has 1 aromatic carbocycles. The van der Waals surface area contributed by atoms with E-state index in [0.717, 1.165) is 0 Å². The second-order valence-corrected chi connectivity index (χ2v) is 4.73. The number of methoxy groups -OCH3 is 1. The van der Waals surface area contributed by atoms with Crippen LogP contribution < -0.4 is 15.8 Å². The summed E-state index contributed by atoms with van der Waals surface area (Å²) in [6, 6.07) is 4.25. The Morgan fingerprint density at radius 1 is 1.53 bits per heavy atom. The third-order valence-electron chi connectivity index (χ3n) is 2.44. The summed E-state index contributed by atoms with van der Waals surface area (Å²) in [6.45, 7) is 0. The predicted octanol–water partition coefficient (Wildman–Crippen LogP) is 1.59. The molecule has 1 unspecified atom stereocenters. The fourth-order valence-corrected chi connectivity index (χ4v) is 1.71. The zero-order valence-corrected chi connectivity index (χ0v) is 11.9. The van der Waals surface area contributed by atoms with E-state index in [1.807, 2.05) is 0 Å². The van der Waals surface area contributed by atoms with Gasteiger partial charge < -0.3 is 20.9 Å². The number of amides is 1. The zero-order valence-electron chi connectivity index (χ0n) is 10.4. The van der Waals surface area contributed by atoms with Crippen molar-refractivity contribution in [3.8, 4) is 5.75 Å².